The van der Waals surface area contributed by atoms with Crippen LogP contribution in [0.25, 0.3) is 0 Å². The molecule has 0 saturated heterocycles. The molecule has 1 aromatic carbocycles. The number of benzene rings is 1. The number of unbranched alkanes of at least 4 members (excludes halogenated alkanes) is 3. The predicted molar refractivity (Wildman–Crippen MR) is 111 cm³/mol. The van der Waals surface area contributed by atoms with Gasteiger partial charge in [-0.1, -0.05) is 39.2 Å². The van der Waals surface area contributed by atoms with Gasteiger partial charge < -0.3 is 24.8 Å². The number of hydrogen-bond acceptors (Lipinski definition) is 5. The molecule has 29 heavy (non-hydrogen) atoms. The largest absolute Gasteiger partial charge is 0.493 e. The molecular formula is C22H32N2O5. The fraction of sp³-hybridized carbons (Fsp3) is 0.545. The van der Waals surface area contributed by atoms with E-state index in [1.165, 1.54) is 12.8 Å². The number of urea groups is 1. The van der Waals surface area contributed by atoms with Crippen LogP contribution in [-0.2, 0) is 9.53 Å². The molecule has 1 aliphatic rings. The predicted octanol–water partition coefficient (Wildman–Crippen LogP) is 4.24. The molecule has 0 fully saturated rings. The third kappa shape index (κ3) is 5.89. The van der Waals surface area contributed by atoms with E-state index in [1.807, 2.05) is 19.1 Å². The van der Waals surface area contributed by atoms with Crippen LogP contribution in [-0.4, -0.2) is 32.3 Å². The summed E-state index contributed by atoms with van der Waals surface area (Å²) in [6, 6.07) is 4.48. The van der Waals surface area contributed by atoms with Gasteiger partial charge in [-0.15, -0.1) is 0 Å². The minimum absolute atomic E-state index is 0.258. The normalized spacial score (nSPS) is 16.1. The molecule has 0 spiro atoms. The molecule has 0 saturated carbocycles. The van der Waals surface area contributed by atoms with E-state index >= 15 is 0 Å². The van der Waals surface area contributed by atoms with Crippen LogP contribution in [0.3, 0.4) is 0 Å². The summed E-state index contributed by atoms with van der Waals surface area (Å²) in [5.41, 5.74) is 1.70. The van der Waals surface area contributed by atoms with Crippen molar-refractivity contribution in [2.24, 2.45) is 0 Å². The number of methoxy groups -OCH3 is 1. The van der Waals surface area contributed by atoms with Gasteiger partial charge in [0.1, 0.15) is 0 Å². The molecule has 160 valence electrons. The van der Waals surface area contributed by atoms with Gasteiger partial charge in [0.05, 0.1) is 31.9 Å². The molecule has 1 unspecified atom stereocenters. The van der Waals surface area contributed by atoms with Gasteiger partial charge in [-0.25, -0.2) is 9.59 Å². The average molecular weight is 405 g/mol. The van der Waals surface area contributed by atoms with Gasteiger partial charge in [-0.05, 0) is 37.5 Å². The first-order chi connectivity index (χ1) is 14.0. The molecule has 0 aliphatic carbocycles. The van der Waals surface area contributed by atoms with Crippen molar-refractivity contribution in [2.75, 3.05) is 20.3 Å². The summed E-state index contributed by atoms with van der Waals surface area (Å²) in [6.07, 6.45) is 4.99. The SMILES string of the molecule is CCCCCCOc1ccc(C2NC(=O)NC(CC)=C2C(=O)OCC)cc1OC. The number of ether oxygens (including phenoxy) is 3. The number of carbonyl (C=O) groups is 2. The number of allylic oxidation sites excluding steroid dienone is 1. The first-order valence-corrected chi connectivity index (χ1v) is 10.3. The van der Waals surface area contributed by atoms with Gasteiger partial charge in [0.15, 0.2) is 11.5 Å². The lowest BCUT2D eigenvalue weighted by Gasteiger charge is -2.29. The summed E-state index contributed by atoms with van der Waals surface area (Å²) in [6.45, 7) is 6.68. The minimum Gasteiger partial charge on any atom is -0.493 e. The van der Waals surface area contributed by atoms with Gasteiger partial charge in [0.25, 0.3) is 0 Å². The van der Waals surface area contributed by atoms with E-state index in [4.69, 9.17) is 14.2 Å². The van der Waals surface area contributed by atoms with Gasteiger partial charge in [-0.3, -0.25) is 0 Å². The Labute approximate surface area is 172 Å². The first-order valence-electron chi connectivity index (χ1n) is 10.3. The van der Waals surface area contributed by atoms with Crippen molar-refractivity contribution in [3.8, 4) is 11.5 Å². The molecule has 1 atom stereocenters. The Balaban J connectivity index is 2.28. The third-order valence-corrected chi connectivity index (χ3v) is 4.78. The van der Waals surface area contributed by atoms with Crippen LogP contribution in [0.15, 0.2) is 29.5 Å². The number of hydrogen-bond donors (Lipinski definition) is 2. The van der Waals surface area contributed by atoms with Gasteiger partial charge in [0, 0.05) is 5.70 Å². The fourth-order valence-electron chi connectivity index (χ4n) is 3.29. The standard InChI is InChI=1S/C22H32N2O5/c1-5-8-9-10-13-29-17-12-11-15(14-18(17)27-4)20-19(21(25)28-7-3)16(6-2)23-22(26)24-20/h11-12,14,20H,5-10,13H2,1-4H3,(H2,23,24,26). The quantitative estimate of drug-likeness (QED) is 0.426. The van der Waals surface area contributed by atoms with Crippen LogP contribution in [0.1, 0.15) is 64.5 Å². The number of carbonyl (C=O) groups excluding carboxylic acids is 2. The van der Waals surface area contributed by atoms with E-state index in [9.17, 15) is 9.59 Å². The summed E-state index contributed by atoms with van der Waals surface area (Å²) in [4.78, 5) is 24.7. The maximum absolute atomic E-state index is 12.6. The van der Waals surface area contributed by atoms with Crippen LogP contribution >= 0.6 is 0 Å². The van der Waals surface area contributed by atoms with Crippen molar-refractivity contribution in [2.45, 2.75) is 58.9 Å². The van der Waals surface area contributed by atoms with Crippen LogP contribution in [0.5, 0.6) is 11.5 Å². The van der Waals surface area contributed by atoms with Gasteiger partial charge >= 0.3 is 12.0 Å². The molecule has 7 nitrogen and oxygen atoms in total. The molecule has 0 aromatic heterocycles. The minimum atomic E-state index is -0.620. The van der Waals surface area contributed by atoms with E-state index in [0.29, 0.717) is 35.8 Å². The monoisotopic (exact) mass is 404 g/mol. The smallest absolute Gasteiger partial charge is 0.338 e. The van der Waals surface area contributed by atoms with E-state index in [-0.39, 0.29) is 12.6 Å². The summed E-state index contributed by atoms with van der Waals surface area (Å²) in [5, 5.41) is 5.53. The Morgan fingerprint density at radius 2 is 1.90 bits per heavy atom. The topological polar surface area (TPSA) is 85.9 Å². The molecule has 0 bridgehead atoms. The Bertz CT molecular complexity index is 745. The molecule has 7 heteroatoms. The van der Waals surface area contributed by atoms with Crippen molar-refractivity contribution in [1.29, 1.82) is 0 Å². The van der Waals surface area contributed by atoms with Crippen molar-refractivity contribution in [1.82, 2.24) is 10.6 Å². The molecule has 1 aliphatic heterocycles. The lowest BCUT2D eigenvalue weighted by atomic mass is 9.94. The Kier molecular flexibility index (Phi) is 8.83. The first kappa shape index (κ1) is 22.6. The highest BCUT2D eigenvalue weighted by molar-refractivity contribution is 5.95. The van der Waals surface area contributed by atoms with Crippen molar-refractivity contribution >= 4 is 12.0 Å². The van der Waals surface area contributed by atoms with E-state index in [2.05, 4.69) is 17.6 Å². The second-order valence-corrected chi connectivity index (χ2v) is 6.82. The second-order valence-electron chi connectivity index (χ2n) is 6.82. The molecule has 2 amide bonds. The Hall–Kier alpha value is -2.70. The molecule has 2 N–H and O–H groups in total. The molecule has 1 aromatic rings. The van der Waals surface area contributed by atoms with E-state index in [1.54, 1.807) is 20.1 Å². The number of amides is 2. The van der Waals surface area contributed by atoms with Crippen LogP contribution < -0.4 is 20.1 Å². The summed E-state index contributed by atoms with van der Waals surface area (Å²) in [5.74, 6) is 0.759. The number of esters is 1. The van der Waals surface area contributed by atoms with Crippen LogP contribution in [0, 0.1) is 0 Å². The molecule has 1 heterocycles. The number of nitrogens with one attached hydrogen (secondary N) is 2. The highest BCUT2D eigenvalue weighted by Crippen LogP contribution is 2.35. The number of rotatable bonds is 11. The molecular weight excluding hydrogens is 372 g/mol. The highest BCUT2D eigenvalue weighted by atomic mass is 16.5. The average Bonchev–Trinajstić information content (AvgIpc) is 2.73. The Morgan fingerprint density at radius 3 is 2.55 bits per heavy atom. The summed E-state index contributed by atoms with van der Waals surface area (Å²) in [7, 11) is 1.57. The zero-order chi connectivity index (χ0) is 21.2. The third-order valence-electron chi connectivity index (χ3n) is 4.78. The van der Waals surface area contributed by atoms with E-state index < -0.39 is 12.0 Å². The fourth-order valence-corrected chi connectivity index (χ4v) is 3.29. The molecule has 2 rings (SSSR count). The van der Waals surface area contributed by atoms with Crippen LogP contribution in [0.2, 0.25) is 0 Å². The lowest BCUT2D eigenvalue weighted by molar-refractivity contribution is -0.139. The Morgan fingerprint density at radius 1 is 1.10 bits per heavy atom. The zero-order valence-corrected chi connectivity index (χ0v) is 17.8. The van der Waals surface area contributed by atoms with Crippen LogP contribution in [0.4, 0.5) is 4.79 Å². The van der Waals surface area contributed by atoms with Crippen molar-refractivity contribution in [3.63, 3.8) is 0 Å². The van der Waals surface area contributed by atoms with Crippen molar-refractivity contribution < 1.29 is 23.8 Å². The van der Waals surface area contributed by atoms with Gasteiger partial charge in [-0.2, -0.15) is 0 Å². The second kappa shape index (κ2) is 11.3. The lowest BCUT2D eigenvalue weighted by Crippen LogP contribution is -2.45. The van der Waals surface area contributed by atoms with Gasteiger partial charge in [0.2, 0.25) is 0 Å². The maximum atomic E-state index is 12.6. The maximum Gasteiger partial charge on any atom is 0.338 e. The van der Waals surface area contributed by atoms with E-state index in [0.717, 1.165) is 18.4 Å². The summed E-state index contributed by atoms with van der Waals surface area (Å²) < 4.78 is 16.6. The zero-order valence-electron chi connectivity index (χ0n) is 17.8. The van der Waals surface area contributed by atoms with Crippen molar-refractivity contribution in [3.05, 3.63) is 35.0 Å². The molecule has 0 radical (unpaired) electrons. The summed E-state index contributed by atoms with van der Waals surface area (Å²) >= 11 is 0. The highest BCUT2D eigenvalue weighted by Gasteiger charge is 2.33.